The molecule has 4 N–H and O–H groups in total. The predicted octanol–water partition coefficient (Wildman–Crippen LogP) is 7.99. The van der Waals surface area contributed by atoms with Gasteiger partial charge in [-0.25, -0.2) is 4.39 Å². The Balaban J connectivity index is 0.674. The Morgan fingerprint density at radius 2 is 1.53 bits per heavy atom. The van der Waals surface area contributed by atoms with Gasteiger partial charge in [0.1, 0.15) is 23.1 Å². The minimum atomic E-state index is -1.30. The number of nitrogens with one attached hydrogen (secondary N) is 4. The zero-order valence-electron chi connectivity index (χ0n) is 42.1. The molecule has 18 heteroatoms. The maximum atomic E-state index is 16.7. The number of ketones is 1. The summed E-state index contributed by atoms with van der Waals surface area (Å²) in [5, 5.41) is 12.8. The standard InChI is InChI=1S/C56H67Cl2FN6O9/c1-2-65-48(46(37-10-6-11-40(58)47(37)59)56(55(65)18-4-3-5-19-55)39-15-14-35(57)33-42(39)61-52(56)71)50(69)63-54-23-20-53(21-24-54,22-25-54)44(66)13-8-27-72-29-31-74-32-30-73-28-26-60-41-12-7-9-36-38(41)34-64(51(36)70)43-16-17-45(67)62-49(43)68/h6-7,9-12,14-15,33,43,46,48,60H,2-5,8,13,16-32,34H2,1H3,(H,61,71)(H,63,69)(H,62,67,68)/t43?,46-,48+,53?,54?,56+/m0/s1. The number of carbonyl (C=O) groups is 6. The number of ether oxygens (including phenoxy) is 3. The molecule has 4 saturated carbocycles. The van der Waals surface area contributed by atoms with Crippen LogP contribution in [0, 0.1) is 11.2 Å². The van der Waals surface area contributed by atoms with Gasteiger partial charge in [0.2, 0.25) is 23.6 Å². The SMILES string of the molecule is CCN1[C@@H](C(=O)NC23CCC(C(=O)CCCOCCOCCOCCNc4cccc5c4CN(C4CCC(=O)NC4=O)C5=O)(CC2)CC3)[C@H](c2cccc(Cl)c2F)[C@]2(C(=O)Nc3cc(Cl)ccc32)C12CCCCC2. The van der Waals surface area contributed by atoms with Gasteiger partial charge in [-0.15, -0.1) is 0 Å². The number of amides is 5. The molecular weight excluding hydrogens is 991 g/mol. The molecule has 4 aliphatic heterocycles. The summed E-state index contributed by atoms with van der Waals surface area (Å²) in [6, 6.07) is 14.2. The van der Waals surface area contributed by atoms with Gasteiger partial charge in [0, 0.05) is 82.5 Å². The van der Waals surface area contributed by atoms with Crippen molar-refractivity contribution in [2.75, 3.05) is 63.4 Å². The Kier molecular flexibility index (Phi) is 15.3. The van der Waals surface area contributed by atoms with Gasteiger partial charge in [-0.3, -0.25) is 39.0 Å². The van der Waals surface area contributed by atoms with Crippen molar-refractivity contribution >= 4 is 69.9 Å². The molecule has 6 fully saturated rings. The molecule has 0 aromatic heterocycles. The van der Waals surface area contributed by atoms with E-state index in [9.17, 15) is 19.2 Å². The van der Waals surface area contributed by atoms with Crippen molar-refractivity contribution in [1.29, 1.82) is 0 Å². The number of hydrogen-bond donors (Lipinski definition) is 4. The first-order valence-corrected chi connectivity index (χ1v) is 27.4. The number of piperidine rings is 1. The number of likely N-dealkylation sites (tertiary alicyclic amines) is 1. The van der Waals surface area contributed by atoms with E-state index in [1.807, 2.05) is 19.1 Å². The summed E-state index contributed by atoms with van der Waals surface area (Å²) in [4.78, 5) is 85.3. The molecule has 4 atom stereocenters. The lowest BCUT2D eigenvalue weighted by molar-refractivity contribution is -0.140. The molecule has 1 unspecified atom stereocenters. The predicted molar refractivity (Wildman–Crippen MR) is 277 cm³/mol. The summed E-state index contributed by atoms with van der Waals surface area (Å²) in [5.41, 5.74) is 0.745. The van der Waals surface area contributed by atoms with Crippen LogP contribution in [0.5, 0.6) is 0 Å². The van der Waals surface area contributed by atoms with Crippen LogP contribution < -0.4 is 21.3 Å². The van der Waals surface area contributed by atoms with E-state index in [0.29, 0.717) is 146 Å². The van der Waals surface area contributed by atoms with Crippen LogP contribution in [0.15, 0.2) is 54.6 Å². The molecule has 15 nitrogen and oxygen atoms in total. The normalized spacial score (nSPS) is 27.9. The Bertz CT molecular complexity index is 2680. The molecule has 5 amide bonds. The number of Topliss-reactive ketones (excluding diaryl/α,β-unsaturated/α-hetero) is 1. The maximum absolute atomic E-state index is 16.7. The van der Waals surface area contributed by atoms with Crippen molar-refractivity contribution in [3.8, 4) is 0 Å². The van der Waals surface area contributed by atoms with Crippen LogP contribution >= 0.6 is 23.2 Å². The number of benzene rings is 3. The Morgan fingerprint density at radius 3 is 2.24 bits per heavy atom. The molecule has 3 aromatic carbocycles. The molecular formula is C56H67Cl2FN6O9. The Labute approximate surface area is 441 Å². The number of likely N-dealkylation sites (N-methyl/N-ethyl adjacent to an activating group) is 1. The van der Waals surface area contributed by atoms with Crippen LogP contribution in [0.2, 0.25) is 10.0 Å². The number of rotatable bonds is 20. The molecule has 2 spiro atoms. The van der Waals surface area contributed by atoms with Crippen molar-refractivity contribution in [3.63, 3.8) is 0 Å². The largest absolute Gasteiger partial charge is 0.382 e. The van der Waals surface area contributed by atoms with Crippen molar-refractivity contribution < 1.29 is 47.4 Å². The van der Waals surface area contributed by atoms with Crippen LogP contribution in [-0.4, -0.2) is 121 Å². The molecule has 4 aliphatic carbocycles. The van der Waals surface area contributed by atoms with Gasteiger partial charge in [-0.05, 0) is 112 Å². The molecule has 2 saturated heterocycles. The summed E-state index contributed by atoms with van der Waals surface area (Å²) in [7, 11) is 0. The molecule has 3 aromatic rings. The fourth-order valence-electron chi connectivity index (χ4n) is 14.3. The van der Waals surface area contributed by atoms with Crippen molar-refractivity contribution in [1.82, 2.24) is 20.4 Å². The summed E-state index contributed by atoms with van der Waals surface area (Å²) in [5.74, 6) is -2.69. The van der Waals surface area contributed by atoms with Gasteiger partial charge in [-0.1, -0.05) is 73.7 Å². The smallest absolute Gasteiger partial charge is 0.255 e. The first-order chi connectivity index (χ1) is 35.8. The van der Waals surface area contributed by atoms with Gasteiger partial charge in [0.05, 0.1) is 44.1 Å². The number of hydrogen-bond acceptors (Lipinski definition) is 11. The number of nitrogens with zero attached hydrogens (tertiary/aromatic N) is 2. The van der Waals surface area contributed by atoms with Crippen LogP contribution in [0.25, 0.3) is 0 Å². The molecule has 0 radical (unpaired) electrons. The van der Waals surface area contributed by atoms with E-state index in [1.54, 1.807) is 36.4 Å². The monoisotopic (exact) mass is 1060 g/mol. The molecule has 8 aliphatic rings. The van der Waals surface area contributed by atoms with Crippen molar-refractivity contribution in [3.05, 3.63) is 92.7 Å². The van der Waals surface area contributed by atoms with Crippen molar-refractivity contribution in [2.24, 2.45) is 5.41 Å². The average molecular weight is 1060 g/mol. The van der Waals surface area contributed by atoms with Crippen molar-refractivity contribution in [2.45, 2.75) is 144 Å². The quantitative estimate of drug-likeness (QED) is 0.0636. The zero-order valence-corrected chi connectivity index (χ0v) is 43.6. The Hall–Kier alpha value is -4.97. The zero-order chi connectivity index (χ0) is 51.8. The maximum Gasteiger partial charge on any atom is 0.255 e. The van der Waals surface area contributed by atoms with E-state index >= 15 is 14.0 Å². The first kappa shape index (κ1) is 52.5. The number of halogens is 3. The lowest BCUT2D eigenvalue weighted by atomic mass is 9.54. The highest BCUT2D eigenvalue weighted by Crippen LogP contribution is 2.67. The van der Waals surface area contributed by atoms with E-state index in [4.69, 9.17) is 37.4 Å². The molecule has 74 heavy (non-hydrogen) atoms. The van der Waals surface area contributed by atoms with Gasteiger partial charge >= 0.3 is 0 Å². The van der Waals surface area contributed by atoms with E-state index in [2.05, 4.69) is 26.2 Å². The molecule has 396 valence electrons. The summed E-state index contributed by atoms with van der Waals surface area (Å²) in [6.07, 6.45) is 9.66. The first-order valence-electron chi connectivity index (χ1n) is 26.7. The van der Waals surface area contributed by atoms with Gasteiger partial charge in [0.25, 0.3) is 5.91 Å². The van der Waals surface area contributed by atoms with E-state index in [0.717, 1.165) is 36.1 Å². The van der Waals surface area contributed by atoms with E-state index < -0.39 is 51.6 Å². The third-order valence-electron chi connectivity index (χ3n) is 17.8. The summed E-state index contributed by atoms with van der Waals surface area (Å²) in [6.45, 7) is 5.74. The Morgan fingerprint density at radius 1 is 0.824 bits per heavy atom. The number of imide groups is 1. The molecule has 2 bridgehead atoms. The molecule has 4 heterocycles. The lowest BCUT2D eigenvalue weighted by Gasteiger charge is -2.53. The topological polar surface area (TPSA) is 185 Å². The van der Waals surface area contributed by atoms with Gasteiger partial charge < -0.3 is 35.1 Å². The fraction of sp³-hybridized carbons (Fsp3) is 0.571. The highest BCUT2D eigenvalue weighted by molar-refractivity contribution is 6.31. The highest BCUT2D eigenvalue weighted by Gasteiger charge is 2.75. The minimum absolute atomic E-state index is 0.0573. The van der Waals surface area contributed by atoms with Crippen LogP contribution in [0.4, 0.5) is 15.8 Å². The second kappa shape index (κ2) is 21.6. The van der Waals surface area contributed by atoms with Gasteiger partial charge in [0.15, 0.2) is 0 Å². The third-order valence-corrected chi connectivity index (χ3v) is 18.4. The third kappa shape index (κ3) is 9.22. The number of fused-ring (bicyclic) bond motifs is 7. The van der Waals surface area contributed by atoms with E-state index in [-0.39, 0.29) is 46.4 Å². The lowest BCUT2D eigenvalue weighted by Crippen LogP contribution is -2.63. The summed E-state index contributed by atoms with van der Waals surface area (Å²) < 4.78 is 33.9. The van der Waals surface area contributed by atoms with Crippen LogP contribution in [-0.2, 0) is 50.1 Å². The average Bonchev–Trinajstić information content (AvgIpc) is 4.05. The van der Waals surface area contributed by atoms with Crippen LogP contribution in [0.1, 0.15) is 136 Å². The second-order valence-electron chi connectivity index (χ2n) is 21.5. The fourth-order valence-corrected chi connectivity index (χ4v) is 14.7. The molecule has 11 rings (SSSR count). The highest BCUT2D eigenvalue weighted by atomic mass is 35.5. The summed E-state index contributed by atoms with van der Waals surface area (Å²) >= 11 is 13.0. The van der Waals surface area contributed by atoms with Gasteiger partial charge in [-0.2, -0.15) is 0 Å². The minimum Gasteiger partial charge on any atom is -0.382 e. The second-order valence-corrected chi connectivity index (χ2v) is 22.3. The number of anilines is 2. The number of carbonyl (C=O) groups excluding carboxylic acids is 6. The van der Waals surface area contributed by atoms with E-state index in [1.165, 1.54) is 11.0 Å². The van der Waals surface area contributed by atoms with Crippen LogP contribution in [0.3, 0.4) is 0 Å².